The number of fused-ring (bicyclic) bond motifs is 1. The first-order valence-corrected chi connectivity index (χ1v) is 12.3. The molecule has 0 bridgehead atoms. The van der Waals surface area contributed by atoms with Crippen LogP contribution in [0.5, 0.6) is 0 Å². The van der Waals surface area contributed by atoms with Crippen molar-refractivity contribution in [1.82, 2.24) is 9.88 Å². The van der Waals surface area contributed by atoms with Gasteiger partial charge in [0, 0.05) is 12.6 Å². The van der Waals surface area contributed by atoms with Crippen LogP contribution in [0.25, 0.3) is 11.1 Å². The standard InChI is InChI=1S/C26H33Cl2N3O/c1-16(2)24(30-26-29-23-11-17(3)18(4)12-25(23)32-26)15-31-9-7-19(8-10-31)13-20-5-6-21(27)22(28)14-20/h5-6,11-12,14,16,19,24H,7-10,13,15H2,1-4H3,(H,29,30)/t24-/m1/s1. The van der Waals surface area contributed by atoms with Gasteiger partial charge in [-0.25, -0.2) is 0 Å². The summed E-state index contributed by atoms with van der Waals surface area (Å²) in [6.45, 7) is 11.9. The maximum atomic E-state index is 6.19. The van der Waals surface area contributed by atoms with E-state index in [1.165, 1.54) is 29.5 Å². The van der Waals surface area contributed by atoms with Crippen molar-refractivity contribution < 1.29 is 4.42 Å². The lowest BCUT2D eigenvalue weighted by atomic mass is 9.89. The maximum absolute atomic E-state index is 6.19. The van der Waals surface area contributed by atoms with E-state index in [1.54, 1.807) is 0 Å². The van der Waals surface area contributed by atoms with Crippen LogP contribution in [0.1, 0.15) is 43.4 Å². The largest absolute Gasteiger partial charge is 0.424 e. The van der Waals surface area contributed by atoms with Crippen LogP contribution in [0.4, 0.5) is 6.01 Å². The highest BCUT2D eigenvalue weighted by molar-refractivity contribution is 6.42. The molecule has 3 aromatic rings. The van der Waals surface area contributed by atoms with E-state index >= 15 is 0 Å². The van der Waals surface area contributed by atoms with Crippen LogP contribution in [0.2, 0.25) is 10.0 Å². The van der Waals surface area contributed by atoms with Gasteiger partial charge in [-0.2, -0.15) is 4.98 Å². The Bertz CT molecular complexity index is 1030. The molecule has 32 heavy (non-hydrogen) atoms. The summed E-state index contributed by atoms with van der Waals surface area (Å²) in [5.41, 5.74) is 5.51. The number of rotatable bonds is 7. The van der Waals surface area contributed by atoms with Crippen LogP contribution >= 0.6 is 23.2 Å². The summed E-state index contributed by atoms with van der Waals surface area (Å²) >= 11 is 12.2. The molecule has 1 aromatic heterocycles. The summed E-state index contributed by atoms with van der Waals surface area (Å²) < 4.78 is 6.01. The average molecular weight is 474 g/mol. The highest BCUT2D eigenvalue weighted by Crippen LogP contribution is 2.28. The lowest BCUT2D eigenvalue weighted by Crippen LogP contribution is -2.43. The molecule has 4 rings (SSSR count). The first-order chi connectivity index (χ1) is 15.3. The van der Waals surface area contributed by atoms with Crippen LogP contribution in [0.15, 0.2) is 34.7 Å². The Morgan fingerprint density at radius 2 is 1.78 bits per heavy atom. The molecule has 1 aliphatic rings. The van der Waals surface area contributed by atoms with Gasteiger partial charge in [-0.15, -0.1) is 0 Å². The van der Waals surface area contributed by atoms with E-state index in [0.29, 0.717) is 27.9 Å². The number of piperidine rings is 1. The van der Waals surface area contributed by atoms with Gasteiger partial charge in [-0.3, -0.25) is 0 Å². The third-order valence-electron chi connectivity index (χ3n) is 6.79. The van der Waals surface area contributed by atoms with Crippen molar-refractivity contribution in [2.24, 2.45) is 11.8 Å². The first kappa shape index (κ1) is 23.4. The number of benzene rings is 2. The van der Waals surface area contributed by atoms with Gasteiger partial charge in [-0.1, -0.05) is 43.1 Å². The molecule has 172 valence electrons. The van der Waals surface area contributed by atoms with E-state index in [0.717, 1.165) is 37.2 Å². The zero-order chi connectivity index (χ0) is 22.8. The average Bonchev–Trinajstić information content (AvgIpc) is 3.13. The number of hydrogen-bond acceptors (Lipinski definition) is 4. The second-order valence-corrected chi connectivity index (χ2v) is 10.4. The Labute approximate surface area is 201 Å². The summed E-state index contributed by atoms with van der Waals surface area (Å²) in [6.07, 6.45) is 3.47. The van der Waals surface area contributed by atoms with Crippen molar-refractivity contribution in [1.29, 1.82) is 0 Å². The van der Waals surface area contributed by atoms with Crippen molar-refractivity contribution in [3.63, 3.8) is 0 Å². The summed E-state index contributed by atoms with van der Waals surface area (Å²) in [5.74, 6) is 1.17. The minimum absolute atomic E-state index is 0.289. The summed E-state index contributed by atoms with van der Waals surface area (Å²) in [6, 6.07) is 11.1. The fourth-order valence-electron chi connectivity index (χ4n) is 4.47. The van der Waals surface area contributed by atoms with Gasteiger partial charge in [0.1, 0.15) is 5.52 Å². The molecule has 1 fully saturated rings. The molecule has 0 aliphatic carbocycles. The van der Waals surface area contributed by atoms with Crippen LogP contribution in [0, 0.1) is 25.7 Å². The molecule has 2 aromatic carbocycles. The van der Waals surface area contributed by atoms with Crippen LogP contribution < -0.4 is 5.32 Å². The number of aryl methyl sites for hydroxylation is 2. The number of oxazole rings is 1. The van der Waals surface area contributed by atoms with Gasteiger partial charge < -0.3 is 14.6 Å². The fraction of sp³-hybridized carbons (Fsp3) is 0.500. The highest BCUT2D eigenvalue weighted by atomic mass is 35.5. The van der Waals surface area contributed by atoms with Crippen molar-refractivity contribution in [3.05, 3.63) is 57.1 Å². The third kappa shape index (κ3) is 5.59. The maximum Gasteiger partial charge on any atom is 0.295 e. The summed E-state index contributed by atoms with van der Waals surface area (Å²) in [7, 11) is 0. The number of likely N-dealkylation sites (tertiary alicyclic amines) is 1. The minimum atomic E-state index is 0.289. The number of aromatic nitrogens is 1. The SMILES string of the molecule is Cc1cc2nc(N[C@H](CN3CCC(Cc4ccc(Cl)c(Cl)c4)CC3)C(C)C)oc2cc1C. The minimum Gasteiger partial charge on any atom is -0.424 e. The topological polar surface area (TPSA) is 41.3 Å². The quantitative estimate of drug-likeness (QED) is 0.395. The van der Waals surface area contributed by atoms with Gasteiger partial charge in [0.05, 0.1) is 10.0 Å². The van der Waals surface area contributed by atoms with E-state index in [1.807, 2.05) is 12.1 Å². The van der Waals surface area contributed by atoms with Gasteiger partial charge in [0.15, 0.2) is 5.58 Å². The molecular formula is C26H33Cl2N3O. The summed E-state index contributed by atoms with van der Waals surface area (Å²) in [5, 5.41) is 4.85. The molecule has 2 heterocycles. The predicted octanol–water partition coefficient (Wildman–Crippen LogP) is 7.14. The number of halogens is 2. The Morgan fingerprint density at radius 1 is 1.06 bits per heavy atom. The molecule has 6 heteroatoms. The molecule has 1 atom stereocenters. The molecule has 0 amide bonds. The van der Waals surface area contributed by atoms with E-state index in [4.69, 9.17) is 27.6 Å². The highest BCUT2D eigenvalue weighted by Gasteiger charge is 2.24. The van der Waals surface area contributed by atoms with Crippen LogP contribution in [-0.2, 0) is 6.42 Å². The van der Waals surface area contributed by atoms with E-state index in [-0.39, 0.29) is 6.04 Å². The van der Waals surface area contributed by atoms with E-state index in [2.05, 4.69) is 61.1 Å². The Kier molecular flexibility index (Phi) is 7.34. The van der Waals surface area contributed by atoms with Gasteiger partial charge >= 0.3 is 0 Å². The van der Waals surface area contributed by atoms with Gasteiger partial charge in [-0.05, 0) is 99.0 Å². The molecule has 1 saturated heterocycles. The zero-order valence-corrected chi connectivity index (χ0v) is 20.9. The molecule has 0 spiro atoms. The number of anilines is 1. The lowest BCUT2D eigenvalue weighted by molar-refractivity contribution is 0.169. The molecule has 0 unspecified atom stereocenters. The normalized spacial score (nSPS) is 16.7. The molecule has 1 N–H and O–H groups in total. The van der Waals surface area contributed by atoms with Crippen LogP contribution in [-0.4, -0.2) is 35.6 Å². The molecule has 0 radical (unpaired) electrons. The fourth-order valence-corrected chi connectivity index (χ4v) is 4.80. The van der Waals surface area contributed by atoms with E-state index < -0.39 is 0 Å². The zero-order valence-electron chi connectivity index (χ0n) is 19.4. The third-order valence-corrected chi connectivity index (χ3v) is 7.53. The monoisotopic (exact) mass is 473 g/mol. The molecule has 1 aliphatic heterocycles. The van der Waals surface area contributed by atoms with Crippen molar-refractivity contribution >= 4 is 40.3 Å². The van der Waals surface area contributed by atoms with Gasteiger partial charge in [0.25, 0.3) is 6.01 Å². The van der Waals surface area contributed by atoms with Crippen molar-refractivity contribution in [2.45, 2.75) is 53.0 Å². The van der Waals surface area contributed by atoms with Crippen LogP contribution in [0.3, 0.4) is 0 Å². The molecule has 0 saturated carbocycles. The number of hydrogen-bond donors (Lipinski definition) is 1. The Hall–Kier alpha value is -1.75. The number of nitrogens with one attached hydrogen (secondary N) is 1. The van der Waals surface area contributed by atoms with Crippen molar-refractivity contribution in [3.8, 4) is 0 Å². The Balaban J connectivity index is 1.33. The second-order valence-electron chi connectivity index (χ2n) is 9.61. The smallest absolute Gasteiger partial charge is 0.295 e. The first-order valence-electron chi connectivity index (χ1n) is 11.6. The lowest BCUT2D eigenvalue weighted by Gasteiger charge is -2.35. The summed E-state index contributed by atoms with van der Waals surface area (Å²) in [4.78, 5) is 7.26. The van der Waals surface area contributed by atoms with E-state index in [9.17, 15) is 0 Å². The number of nitrogens with zero attached hydrogens (tertiary/aromatic N) is 2. The van der Waals surface area contributed by atoms with Crippen molar-refractivity contribution in [2.75, 3.05) is 25.0 Å². The Morgan fingerprint density at radius 3 is 2.47 bits per heavy atom. The molecule has 4 nitrogen and oxygen atoms in total. The van der Waals surface area contributed by atoms with Gasteiger partial charge in [0.2, 0.25) is 0 Å². The molecular weight excluding hydrogens is 441 g/mol. The predicted molar refractivity (Wildman–Crippen MR) is 135 cm³/mol. The second kappa shape index (κ2) is 10.0.